The summed E-state index contributed by atoms with van der Waals surface area (Å²) in [7, 11) is 0. The van der Waals surface area contributed by atoms with E-state index in [9.17, 15) is 0 Å². The van der Waals surface area contributed by atoms with Gasteiger partial charge in [-0.15, -0.1) is 11.3 Å². The molecule has 0 N–H and O–H groups in total. The molecule has 0 radical (unpaired) electrons. The number of hydrogen-bond acceptors (Lipinski definition) is 1. The molecule has 0 nitrogen and oxygen atoms in total. The summed E-state index contributed by atoms with van der Waals surface area (Å²) in [5.74, 6) is 0. The van der Waals surface area contributed by atoms with E-state index in [1.807, 2.05) is 18.2 Å². The van der Waals surface area contributed by atoms with E-state index in [2.05, 4.69) is 20.8 Å². The van der Waals surface area contributed by atoms with Gasteiger partial charge in [0, 0.05) is 20.0 Å². The summed E-state index contributed by atoms with van der Waals surface area (Å²) in [6.07, 6.45) is 0. The molecule has 1 aromatic carbocycles. The first-order valence-corrected chi connectivity index (χ1v) is 6.35. The van der Waals surface area contributed by atoms with E-state index in [0.717, 1.165) is 20.1 Å². The van der Waals surface area contributed by atoms with Gasteiger partial charge in [-0.1, -0.05) is 50.0 Å². The van der Waals surface area contributed by atoms with Crippen LogP contribution in [0.1, 0.15) is 25.6 Å². The molecule has 0 fully saturated rings. The van der Waals surface area contributed by atoms with Crippen molar-refractivity contribution < 1.29 is 0 Å². The molecule has 0 amide bonds. The predicted octanol–water partition coefficient (Wildman–Crippen LogP) is 5.51. The highest BCUT2D eigenvalue weighted by molar-refractivity contribution is 7.20. The summed E-state index contributed by atoms with van der Waals surface area (Å²) >= 11 is 14.0. The molecule has 0 atom stereocenters. The zero-order valence-electron chi connectivity index (χ0n) is 8.90. The van der Waals surface area contributed by atoms with Crippen LogP contribution in [0.15, 0.2) is 18.2 Å². The molecule has 0 saturated carbocycles. The molecular weight excluding hydrogens is 247 g/mol. The van der Waals surface area contributed by atoms with Crippen LogP contribution in [0.5, 0.6) is 0 Å². The van der Waals surface area contributed by atoms with Gasteiger partial charge in [0.25, 0.3) is 0 Å². The lowest BCUT2D eigenvalue weighted by atomic mass is 9.94. The van der Waals surface area contributed by atoms with E-state index in [4.69, 9.17) is 23.2 Å². The molecule has 80 valence electrons. The van der Waals surface area contributed by atoms with Gasteiger partial charge in [0.2, 0.25) is 0 Å². The van der Waals surface area contributed by atoms with E-state index < -0.39 is 0 Å². The van der Waals surface area contributed by atoms with Gasteiger partial charge in [-0.2, -0.15) is 0 Å². The van der Waals surface area contributed by atoms with Crippen LogP contribution < -0.4 is 0 Å². The van der Waals surface area contributed by atoms with Gasteiger partial charge in [0.15, 0.2) is 0 Å². The van der Waals surface area contributed by atoms with Crippen LogP contribution in [0.4, 0.5) is 0 Å². The molecule has 0 aliphatic rings. The Bertz CT molecular complexity index is 506. The van der Waals surface area contributed by atoms with Gasteiger partial charge in [-0.3, -0.25) is 0 Å². The Labute approximate surface area is 104 Å². The maximum atomic E-state index is 6.36. The van der Waals surface area contributed by atoms with Crippen LogP contribution in [0.3, 0.4) is 0 Å². The van der Waals surface area contributed by atoms with Crippen molar-refractivity contribution in [3.05, 3.63) is 33.1 Å². The van der Waals surface area contributed by atoms with Crippen molar-refractivity contribution in [2.75, 3.05) is 0 Å². The Hall–Kier alpha value is -0.240. The van der Waals surface area contributed by atoms with Crippen LogP contribution in [-0.2, 0) is 5.41 Å². The summed E-state index contributed by atoms with van der Waals surface area (Å²) < 4.78 is 1.16. The van der Waals surface area contributed by atoms with E-state index in [1.54, 1.807) is 11.3 Å². The highest BCUT2D eigenvalue weighted by Crippen LogP contribution is 2.42. The van der Waals surface area contributed by atoms with Crippen molar-refractivity contribution in [2.45, 2.75) is 26.2 Å². The molecule has 0 aliphatic carbocycles. The SMILES string of the molecule is CC(C)(C)c1sc2cc(Cl)ccc2c1Cl. The third kappa shape index (κ3) is 2.01. The summed E-state index contributed by atoms with van der Waals surface area (Å²) in [6.45, 7) is 6.52. The van der Waals surface area contributed by atoms with Gasteiger partial charge in [0.05, 0.1) is 5.02 Å². The normalized spacial score (nSPS) is 12.3. The average molecular weight is 259 g/mol. The summed E-state index contributed by atoms with van der Waals surface area (Å²) in [5.41, 5.74) is 0.0905. The Morgan fingerprint density at radius 2 is 1.80 bits per heavy atom. The quantitative estimate of drug-likeness (QED) is 0.585. The number of thiophene rings is 1. The minimum Gasteiger partial charge on any atom is -0.138 e. The zero-order chi connectivity index (χ0) is 11.2. The third-order valence-corrected chi connectivity index (χ3v) is 4.59. The second-order valence-electron chi connectivity index (χ2n) is 4.64. The van der Waals surface area contributed by atoms with Crippen molar-refractivity contribution in [1.29, 1.82) is 0 Å². The van der Waals surface area contributed by atoms with E-state index in [1.165, 1.54) is 4.88 Å². The topological polar surface area (TPSA) is 0 Å². The predicted molar refractivity (Wildman–Crippen MR) is 70.5 cm³/mol. The van der Waals surface area contributed by atoms with Gasteiger partial charge in [0.1, 0.15) is 0 Å². The molecule has 0 aliphatic heterocycles. The number of rotatable bonds is 0. The molecule has 2 aromatic rings. The summed E-state index contributed by atoms with van der Waals surface area (Å²) in [4.78, 5) is 1.22. The molecule has 15 heavy (non-hydrogen) atoms. The first-order valence-electron chi connectivity index (χ1n) is 4.77. The lowest BCUT2D eigenvalue weighted by Crippen LogP contribution is -2.08. The van der Waals surface area contributed by atoms with E-state index >= 15 is 0 Å². The fourth-order valence-electron chi connectivity index (χ4n) is 1.52. The van der Waals surface area contributed by atoms with Crippen molar-refractivity contribution in [3.8, 4) is 0 Å². The smallest absolute Gasteiger partial charge is 0.0629 e. The maximum Gasteiger partial charge on any atom is 0.0629 e. The molecular formula is C12H12Cl2S. The van der Waals surface area contributed by atoms with Crippen LogP contribution in [-0.4, -0.2) is 0 Å². The molecule has 0 saturated heterocycles. The third-order valence-electron chi connectivity index (χ3n) is 2.27. The minimum absolute atomic E-state index is 0.0905. The molecule has 1 aromatic heterocycles. The first kappa shape index (κ1) is 11.3. The largest absolute Gasteiger partial charge is 0.138 e. The highest BCUT2D eigenvalue weighted by atomic mass is 35.5. The Morgan fingerprint density at radius 1 is 1.13 bits per heavy atom. The summed E-state index contributed by atoms with van der Waals surface area (Å²) in [6, 6.07) is 5.85. The number of hydrogen-bond donors (Lipinski definition) is 0. The minimum atomic E-state index is 0.0905. The summed E-state index contributed by atoms with van der Waals surface area (Å²) in [5, 5.41) is 2.75. The zero-order valence-corrected chi connectivity index (χ0v) is 11.2. The molecule has 0 bridgehead atoms. The molecule has 2 rings (SSSR count). The fourth-order valence-corrected chi connectivity index (χ4v) is 3.57. The Balaban J connectivity index is 2.75. The average Bonchev–Trinajstić information content (AvgIpc) is 2.42. The van der Waals surface area contributed by atoms with Gasteiger partial charge >= 0.3 is 0 Å². The van der Waals surface area contributed by atoms with Crippen molar-refractivity contribution in [3.63, 3.8) is 0 Å². The molecule has 0 unspecified atom stereocenters. The maximum absolute atomic E-state index is 6.36. The van der Waals surface area contributed by atoms with Crippen molar-refractivity contribution in [2.24, 2.45) is 0 Å². The molecule has 3 heteroatoms. The van der Waals surface area contributed by atoms with E-state index in [-0.39, 0.29) is 5.41 Å². The lowest BCUT2D eigenvalue weighted by molar-refractivity contribution is 0.604. The number of benzene rings is 1. The second-order valence-corrected chi connectivity index (χ2v) is 6.50. The van der Waals surface area contributed by atoms with Crippen LogP contribution in [0, 0.1) is 0 Å². The number of halogens is 2. The standard InChI is InChI=1S/C12H12Cl2S/c1-12(2,3)11-10(14)8-5-4-7(13)6-9(8)15-11/h4-6H,1-3H3. The monoisotopic (exact) mass is 258 g/mol. The highest BCUT2D eigenvalue weighted by Gasteiger charge is 2.21. The van der Waals surface area contributed by atoms with Crippen molar-refractivity contribution >= 4 is 44.6 Å². The van der Waals surface area contributed by atoms with Gasteiger partial charge in [-0.25, -0.2) is 0 Å². The fraction of sp³-hybridized carbons (Fsp3) is 0.333. The molecule has 1 heterocycles. The second kappa shape index (κ2) is 3.65. The van der Waals surface area contributed by atoms with Crippen LogP contribution in [0.25, 0.3) is 10.1 Å². The lowest BCUT2D eigenvalue weighted by Gasteiger charge is -2.16. The van der Waals surface area contributed by atoms with Crippen LogP contribution in [0.2, 0.25) is 10.0 Å². The van der Waals surface area contributed by atoms with Crippen LogP contribution >= 0.6 is 34.5 Å². The van der Waals surface area contributed by atoms with E-state index in [0.29, 0.717) is 0 Å². The van der Waals surface area contributed by atoms with Crippen molar-refractivity contribution in [1.82, 2.24) is 0 Å². The first-order chi connectivity index (χ1) is 6.89. The Morgan fingerprint density at radius 3 is 2.40 bits per heavy atom. The Kier molecular flexibility index (Phi) is 2.74. The number of fused-ring (bicyclic) bond motifs is 1. The van der Waals surface area contributed by atoms with Gasteiger partial charge < -0.3 is 0 Å². The van der Waals surface area contributed by atoms with Gasteiger partial charge in [-0.05, 0) is 17.5 Å². The molecule has 0 spiro atoms.